The van der Waals surface area contributed by atoms with E-state index in [0.29, 0.717) is 30.5 Å². The number of amides is 1. The lowest BCUT2D eigenvalue weighted by Gasteiger charge is -2.37. The van der Waals surface area contributed by atoms with E-state index < -0.39 is 0 Å². The Morgan fingerprint density at radius 1 is 1.55 bits per heavy atom. The molecule has 1 heterocycles. The summed E-state index contributed by atoms with van der Waals surface area (Å²) >= 11 is 6.24. The molecule has 1 unspecified atom stereocenters. The Kier molecular flexibility index (Phi) is 4.73. The normalized spacial score (nSPS) is 19.2. The molecular formula is C14H20ClN3O2. The molecular weight excluding hydrogens is 278 g/mol. The van der Waals surface area contributed by atoms with E-state index in [2.05, 4.69) is 5.32 Å². The van der Waals surface area contributed by atoms with Gasteiger partial charge in [0, 0.05) is 18.3 Å². The van der Waals surface area contributed by atoms with Crippen LogP contribution in [0.25, 0.3) is 0 Å². The number of benzene rings is 1. The molecule has 0 bridgehead atoms. The first-order valence-electron chi connectivity index (χ1n) is 6.69. The predicted molar refractivity (Wildman–Crippen MR) is 81.1 cm³/mol. The van der Waals surface area contributed by atoms with Crippen molar-refractivity contribution in [3.63, 3.8) is 0 Å². The van der Waals surface area contributed by atoms with Gasteiger partial charge in [-0.15, -0.1) is 0 Å². The number of nitrogens with one attached hydrogen (secondary N) is 1. The van der Waals surface area contributed by atoms with Crippen molar-refractivity contribution in [2.75, 3.05) is 30.4 Å². The second kappa shape index (κ2) is 6.33. The summed E-state index contributed by atoms with van der Waals surface area (Å²) in [5, 5.41) is 3.46. The lowest BCUT2D eigenvalue weighted by atomic mass is 10.1. The molecule has 0 aromatic heterocycles. The minimum absolute atomic E-state index is 0.0485. The SMILES string of the molecule is CC(C)NC(=O)C1COCCN1c1ccc(N)cc1Cl. The van der Waals surface area contributed by atoms with Crippen LogP contribution in [-0.4, -0.2) is 37.7 Å². The Hall–Kier alpha value is -1.46. The van der Waals surface area contributed by atoms with Crippen molar-refractivity contribution in [3.05, 3.63) is 23.2 Å². The first-order chi connectivity index (χ1) is 9.49. The van der Waals surface area contributed by atoms with Crippen molar-refractivity contribution in [3.8, 4) is 0 Å². The van der Waals surface area contributed by atoms with Crippen LogP contribution >= 0.6 is 11.6 Å². The van der Waals surface area contributed by atoms with Gasteiger partial charge in [0.1, 0.15) is 6.04 Å². The van der Waals surface area contributed by atoms with Crippen molar-refractivity contribution in [2.45, 2.75) is 25.9 Å². The number of ether oxygens (including phenoxy) is 1. The molecule has 1 aliphatic heterocycles. The number of carbonyl (C=O) groups excluding carboxylic acids is 1. The lowest BCUT2D eigenvalue weighted by Crippen LogP contribution is -2.55. The molecule has 1 aliphatic rings. The summed E-state index contributed by atoms with van der Waals surface area (Å²) in [5.74, 6) is -0.0485. The molecule has 2 rings (SSSR count). The summed E-state index contributed by atoms with van der Waals surface area (Å²) in [5.41, 5.74) is 7.13. The molecule has 6 heteroatoms. The second-order valence-electron chi connectivity index (χ2n) is 5.16. The van der Waals surface area contributed by atoms with E-state index in [9.17, 15) is 4.79 Å². The maximum Gasteiger partial charge on any atom is 0.245 e. The summed E-state index contributed by atoms with van der Waals surface area (Å²) in [7, 11) is 0. The number of halogens is 1. The monoisotopic (exact) mass is 297 g/mol. The minimum atomic E-state index is -0.368. The molecule has 5 nitrogen and oxygen atoms in total. The van der Waals surface area contributed by atoms with Gasteiger partial charge in [0.15, 0.2) is 0 Å². The molecule has 1 amide bonds. The summed E-state index contributed by atoms with van der Waals surface area (Å²) in [6.07, 6.45) is 0. The van der Waals surface area contributed by atoms with Gasteiger partial charge in [0.25, 0.3) is 0 Å². The van der Waals surface area contributed by atoms with E-state index in [-0.39, 0.29) is 18.0 Å². The topological polar surface area (TPSA) is 67.6 Å². The largest absolute Gasteiger partial charge is 0.399 e. The van der Waals surface area contributed by atoms with Gasteiger partial charge in [-0.3, -0.25) is 4.79 Å². The number of hydrogen-bond donors (Lipinski definition) is 2. The zero-order valence-electron chi connectivity index (χ0n) is 11.7. The van der Waals surface area contributed by atoms with Crippen LogP contribution in [0.1, 0.15) is 13.8 Å². The second-order valence-corrected chi connectivity index (χ2v) is 5.57. The number of hydrogen-bond acceptors (Lipinski definition) is 4. The third-order valence-corrected chi connectivity index (χ3v) is 3.45. The molecule has 0 radical (unpaired) electrons. The zero-order valence-corrected chi connectivity index (χ0v) is 12.5. The maximum atomic E-state index is 12.3. The number of carbonyl (C=O) groups is 1. The van der Waals surface area contributed by atoms with Crippen LogP contribution in [0.15, 0.2) is 18.2 Å². The fraction of sp³-hybridized carbons (Fsp3) is 0.500. The molecule has 1 aromatic carbocycles. The average molecular weight is 298 g/mol. The summed E-state index contributed by atoms with van der Waals surface area (Å²) in [6, 6.07) is 5.05. The fourth-order valence-corrected chi connectivity index (χ4v) is 2.54. The van der Waals surface area contributed by atoms with Crippen molar-refractivity contribution in [2.24, 2.45) is 0 Å². The number of anilines is 2. The van der Waals surface area contributed by atoms with Gasteiger partial charge in [-0.05, 0) is 32.0 Å². The number of nitrogens with zero attached hydrogens (tertiary/aromatic N) is 1. The number of morpholine rings is 1. The lowest BCUT2D eigenvalue weighted by molar-refractivity contribution is -0.125. The molecule has 1 saturated heterocycles. The minimum Gasteiger partial charge on any atom is -0.399 e. The van der Waals surface area contributed by atoms with Crippen molar-refractivity contribution >= 4 is 28.9 Å². The number of nitrogens with two attached hydrogens (primary N) is 1. The first kappa shape index (κ1) is 14.9. The summed E-state index contributed by atoms with van der Waals surface area (Å²) in [6.45, 7) is 5.43. The van der Waals surface area contributed by atoms with Crippen LogP contribution in [0.4, 0.5) is 11.4 Å². The molecule has 1 fully saturated rings. The van der Waals surface area contributed by atoms with Gasteiger partial charge < -0.3 is 20.7 Å². The molecule has 0 saturated carbocycles. The van der Waals surface area contributed by atoms with Gasteiger partial charge in [0.05, 0.1) is 23.9 Å². The van der Waals surface area contributed by atoms with Gasteiger partial charge in [-0.2, -0.15) is 0 Å². The Balaban J connectivity index is 2.24. The van der Waals surface area contributed by atoms with Crippen LogP contribution in [0, 0.1) is 0 Å². The Morgan fingerprint density at radius 2 is 2.30 bits per heavy atom. The highest BCUT2D eigenvalue weighted by atomic mass is 35.5. The number of nitrogen functional groups attached to an aromatic ring is 1. The third kappa shape index (κ3) is 3.35. The van der Waals surface area contributed by atoms with E-state index in [1.165, 1.54) is 0 Å². The quantitative estimate of drug-likeness (QED) is 0.833. The van der Waals surface area contributed by atoms with Gasteiger partial charge in [-0.25, -0.2) is 0 Å². The highest BCUT2D eigenvalue weighted by Gasteiger charge is 2.30. The van der Waals surface area contributed by atoms with E-state index in [1.807, 2.05) is 24.8 Å². The molecule has 1 aromatic rings. The van der Waals surface area contributed by atoms with Crippen molar-refractivity contribution in [1.29, 1.82) is 0 Å². The standard InChI is InChI=1S/C14H20ClN3O2/c1-9(2)17-14(19)13-8-20-6-5-18(13)12-4-3-10(16)7-11(12)15/h3-4,7,9,13H,5-6,8,16H2,1-2H3,(H,17,19). The van der Waals surface area contributed by atoms with Gasteiger partial charge in [-0.1, -0.05) is 11.6 Å². The molecule has 3 N–H and O–H groups in total. The molecule has 0 spiro atoms. The van der Waals surface area contributed by atoms with Gasteiger partial charge in [0.2, 0.25) is 5.91 Å². The third-order valence-electron chi connectivity index (χ3n) is 3.14. The van der Waals surface area contributed by atoms with E-state index in [4.69, 9.17) is 22.1 Å². The fourth-order valence-electron chi connectivity index (χ4n) is 2.25. The Labute approximate surface area is 124 Å². The number of rotatable bonds is 3. The zero-order chi connectivity index (χ0) is 14.7. The van der Waals surface area contributed by atoms with Crippen LogP contribution in [0.2, 0.25) is 5.02 Å². The van der Waals surface area contributed by atoms with Crippen LogP contribution in [0.3, 0.4) is 0 Å². The van der Waals surface area contributed by atoms with E-state index >= 15 is 0 Å². The van der Waals surface area contributed by atoms with Crippen LogP contribution < -0.4 is 16.0 Å². The van der Waals surface area contributed by atoms with Crippen LogP contribution in [-0.2, 0) is 9.53 Å². The smallest absolute Gasteiger partial charge is 0.245 e. The molecule has 1 atom stereocenters. The molecule has 110 valence electrons. The Morgan fingerprint density at radius 3 is 2.95 bits per heavy atom. The first-order valence-corrected chi connectivity index (χ1v) is 7.06. The average Bonchev–Trinajstić information content (AvgIpc) is 2.38. The Bertz CT molecular complexity index is 493. The summed E-state index contributed by atoms with van der Waals surface area (Å²) in [4.78, 5) is 14.2. The van der Waals surface area contributed by atoms with Crippen molar-refractivity contribution < 1.29 is 9.53 Å². The molecule has 0 aliphatic carbocycles. The highest BCUT2D eigenvalue weighted by molar-refractivity contribution is 6.33. The summed E-state index contributed by atoms with van der Waals surface area (Å²) < 4.78 is 5.43. The van der Waals surface area contributed by atoms with Crippen molar-refractivity contribution in [1.82, 2.24) is 5.32 Å². The maximum absolute atomic E-state index is 12.3. The predicted octanol–water partition coefficient (Wildman–Crippen LogP) is 1.65. The highest BCUT2D eigenvalue weighted by Crippen LogP contribution is 2.30. The molecule has 20 heavy (non-hydrogen) atoms. The van der Waals surface area contributed by atoms with Crippen LogP contribution in [0.5, 0.6) is 0 Å². The van der Waals surface area contributed by atoms with E-state index in [0.717, 1.165) is 5.69 Å². The van der Waals surface area contributed by atoms with E-state index in [1.54, 1.807) is 12.1 Å². The van der Waals surface area contributed by atoms with Gasteiger partial charge >= 0.3 is 0 Å².